The molecule has 0 saturated carbocycles. The first kappa shape index (κ1) is 26.6. The Hall–Kier alpha value is -4.57. The zero-order chi connectivity index (χ0) is 28.7. The van der Waals surface area contributed by atoms with Crippen LogP contribution in [0.2, 0.25) is 0 Å². The molecule has 0 fully saturated rings. The smallest absolute Gasteiger partial charge is 0.135 e. The Morgan fingerprint density at radius 2 is 1.37 bits per heavy atom. The second-order valence-corrected chi connectivity index (χ2v) is 11.5. The fourth-order valence-electron chi connectivity index (χ4n) is 5.92. The maximum absolute atomic E-state index is 6.74. The molecule has 2 N–H and O–H groups in total. The van der Waals surface area contributed by atoms with E-state index in [1.807, 2.05) is 25.1 Å². The summed E-state index contributed by atoms with van der Waals surface area (Å²) in [6.07, 6.45) is 1.79. The van der Waals surface area contributed by atoms with Crippen molar-refractivity contribution in [3.63, 3.8) is 0 Å². The zero-order valence-electron chi connectivity index (χ0n) is 24.5. The van der Waals surface area contributed by atoms with Gasteiger partial charge in [0.2, 0.25) is 0 Å². The van der Waals surface area contributed by atoms with Crippen LogP contribution in [0.15, 0.2) is 102 Å². The number of para-hydroxylation sites is 1. The summed E-state index contributed by atoms with van der Waals surface area (Å²) in [5.74, 6) is 0.597. The number of fused-ring (bicyclic) bond motifs is 3. The van der Waals surface area contributed by atoms with E-state index in [-0.39, 0.29) is 0 Å². The highest BCUT2D eigenvalue weighted by Gasteiger charge is 2.26. The summed E-state index contributed by atoms with van der Waals surface area (Å²) in [5, 5.41) is 2.26. The molecule has 0 unspecified atom stereocenters. The largest absolute Gasteiger partial charge is 0.456 e. The summed E-state index contributed by atoms with van der Waals surface area (Å²) in [6.45, 7) is 11.8. The molecule has 0 aliphatic heterocycles. The second kappa shape index (κ2) is 10.8. The van der Waals surface area contributed by atoms with Gasteiger partial charge in [0.05, 0.1) is 17.1 Å². The number of aryl methyl sites for hydroxylation is 1. The van der Waals surface area contributed by atoms with Gasteiger partial charge in [-0.3, -0.25) is 4.98 Å². The zero-order valence-corrected chi connectivity index (χ0v) is 24.5. The van der Waals surface area contributed by atoms with Crippen molar-refractivity contribution in [1.29, 1.82) is 0 Å². The number of anilines is 3. The van der Waals surface area contributed by atoms with Crippen molar-refractivity contribution < 1.29 is 4.42 Å². The minimum atomic E-state index is 0.298. The van der Waals surface area contributed by atoms with Gasteiger partial charge in [-0.15, -0.1) is 0 Å². The predicted octanol–water partition coefficient (Wildman–Crippen LogP) is 10.1. The lowest BCUT2D eigenvalue weighted by atomic mass is 9.87. The maximum atomic E-state index is 6.74. The lowest BCUT2D eigenvalue weighted by molar-refractivity contribution is 0.668. The van der Waals surface area contributed by atoms with Gasteiger partial charge in [0.15, 0.2) is 0 Å². The summed E-state index contributed by atoms with van der Waals surface area (Å²) in [5.41, 5.74) is 18.6. The molecule has 0 atom stereocenters. The number of nitrogens with two attached hydrogens (primary N) is 1. The van der Waals surface area contributed by atoms with E-state index in [2.05, 4.69) is 110 Å². The van der Waals surface area contributed by atoms with Crippen molar-refractivity contribution in [2.75, 3.05) is 10.6 Å². The van der Waals surface area contributed by atoms with E-state index in [1.54, 1.807) is 6.20 Å². The Balaban J connectivity index is 1.59. The summed E-state index contributed by atoms with van der Waals surface area (Å²) in [7, 11) is 0. The van der Waals surface area contributed by atoms with Crippen LogP contribution < -0.4 is 10.6 Å². The van der Waals surface area contributed by atoms with Crippen molar-refractivity contribution in [2.45, 2.75) is 53.0 Å². The number of furan rings is 1. The van der Waals surface area contributed by atoms with Crippen molar-refractivity contribution in [3.8, 4) is 11.1 Å². The standard InChI is InChI=1S/C37H37N3O/c1-23(2)30-20-28(27-11-7-6-8-12-27)21-31(24(3)4)37(30)40(36-25(5)39-18-17-33(36)38)22-26-15-16-35-32(19-26)29-13-9-10-14-34(29)41-35/h6-21,23-24H,22H2,1-5H3,(H2,38,39). The molecule has 6 aromatic rings. The molecule has 4 aromatic carbocycles. The molecule has 4 nitrogen and oxygen atoms in total. The monoisotopic (exact) mass is 539 g/mol. The lowest BCUT2D eigenvalue weighted by Gasteiger charge is -2.34. The van der Waals surface area contributed by atoms with Gasteiger partial charge in [0, 0.05) is 29.2 Å². The fraction of sp³-hybridized carbons (Fsp3) is 0.216. The van der Waals surface area contributed by atoms with Crippen LogP contribution in [0.5, 0.6) is 0 Å². The highest BCUT2D eigenvalue weighted by Crippen LogP contribution is 2.45. The number of hydrogen-bond acceptors (Lipinski definition) is 4. The van der Waals surface area contributed by atoms with E-state index < -0.39 is 0 Å². The topological polar surface area (TPSA) is 55.3 Å². The fourth-order valence-corrected chi connectivity index (χ4v) is 5.92. The third-order valence-corrected chi connectivity index (χ3v) is 7.98. The summed E-state index contributed by atoms with van der Waals surface area (Å²) < 4.78 is 6.13. The summed E-state index contributed by atoms with van der Waals surface area (Å²) >= 11 is 0. The molecule has 206 valence electrons. The third kappa shape index (κ3) is 4.95. The molecule has 0 amide bonds. The van der Waals surface area contributed by atoms with Crippen LogP contribution in [0.3, 0.4) is 0 Å². The van der Waals surface area contributed by atoms with Crippen LogP contribution in [0.1, 0.15) is 61.9 Å². The van der Waals surface area contributed by atoms with Crippen LogP contribution >= 0.6 is 0 Å². The summed E-state index contributed by atoms with van der Waals surface area (Å²) in [4.78, 5) is 7.09. The molecule has 2 heterocycles. The minimum absolute atomic E-state index is 0.298. The quantitative estimate of drug-likeness (QED) is 0.219. The van der Waals surface area contributed by atoms with Crippen LogP contribution in [-0.4, -0.2) is 4.98 Å². The number of benzene rings is 4. The Kier molecular flexibility index (Phi) is 7.00. The second-order valence-electron chi connectivity index (χ2n) is 11.5. The van der Waals surface area contributed by atoms with E-state index >= 15 is 0 Å². The van der Waals surface area contributed by atoms with Gasteiger partial charge in [-0.1, -0.05) is 82.3 Å². The third-order valence-electron chi connectivity index (χ3n) is 7.98. The number of hydrogen-bond donors (Lipinski definition) is 1. The molecule has 0 radical (unpaired) electrons. The predicted molar refractivity (Wildman–Crippen MR) is 173 cm³/mol. The number of aromatic nitrogens is 1. The Morgan fingerprint density at radius 3 is 2.05 bits per heavy atom. The average molecular weight is 540 g/mol. The normalized spacial score (nSPS) is 11.7. The molecule has 0 spiro atoms. The molecule has 0 aliphatic carbocycles. The van der Waals surface area contributed by atoms with Crippen molar-refractivity contribution in [3.05, 3.63) is 120 Å². The molecule has 4 heteroatoms. The average Bonchev–Trinajstić information content (AvgIpc) is 3.34. The van der Waals surface area contributed by atoms with E-state index in [9.17, 15) is 0 Å². The van der Waals surface area contributed by atoms with E-state index in [1.165, 1.54) is 33.5 Å². The van der Waals surface area contributed by atoms with Gasteiger partial charge in [-0.25, -0.2) is 0 Å². The van der Waals surface area contributed by atoms with Crippen molar-refractivity contribution in [2.24, 2.45) is 0 Å². The van der Waals surface area contributed by atoms with Crippen LogP contribution in [-0.2, 0) is 6.54 Å². The van der Waals surface area contributed by atoms with Crippen molar-refractivity contribution in [1.82, 2.24) is 4.98 Å². The van der Waals surface area contributed by atoms with Gasteiger partial charge < -0.3 is 15.1 Å². The van der Waals surface area contributed by atoms with E-state index in [0.29, 0.717) is 18.4 Å². The van der Waals surface area contributed by atoms with Gasteiger partial charge in [-0.2, -0.15) is 0 Å². The van der Waals surface area contributed by atoms with Crippen molar-refractivity contribution >= 4 is 39.0 Å². The Morgan fingerprint density at radius 1 is 0.707 bits per heavy atom. The molecule has 0 bridgehead atoms. The highest BCUT2D eigenvalue weighted by atomic mass is 16.3. The SMILES string of the molecule is Cc1nccc(N)c1N(Cc1ccc2oc3ccccc3c2c1)c1c(C(C)C)cc(-c2ccccc2)cc1C(C)C. The number of nitrogens with zero attached hydrogens (tertiary/aromatic N) is 2. The Bertz CT molecular complexity index is 1800. The number of nitrogen functional groups attached to an aromatic ring is 1. The van der Waals surface area contributed by atoms with Crippen LogP contribution in [0, 0.1) is 6.92 Å². The molecule has 0 aliphatic rings. The molecule has 6 rings (SSSR count). The number of pyridine rings is 1. The minimum Gasteiger partial charge on any atom is -0.456 e. The van der Waals surface area contributed by atoms with E-state index in [4.69, 9.17) is 10.2 Å². The Labute approximate surface area is 242 Å². The highest BCUT2D eigenvalue weighted by molar-refractivity contribution is 6.05. The first-order chi connectivity index (χ1) is 19.8. The maximum Gasteiger partial charge on any atom is 0.135 e. The number of rotatable bonds is 7. The molecular formula is C37H37N3O. The first-order valence-electron chi connectivity index (χ1n) is 14.4. The summed E-state index contributed by atoms with van der Waals surface area (Å²) in [6, 6.07) is 32.1. The molecule has 41 heavy (non-hydrogen) atoms. The van der Waals surface area contributed by atoms with Gasteiger partial charge in [0.25, 0.3) is 0 Å². The van der Waals surface area contributed by atoms with Gasteiger partial charge in [0.1, 0.15) is 11.2 Å². The first-order valence-corrected chi connectivity index (χ1v) is 14.4. The lowest BCUT2D eigenvalue weighted by Crippen LogP contribution is -2.23. The molecule has 0 saturated heterocycles. The van der Waals surface area contributed by atoms with Gasteiger partial charge >= 0.3 is 0 Å². The van der Waals surface area contributed by atoms with Crippen LogP contribution in [0.4, 0.5) is 17.1 Å². The molecule has 2 aromatic heterocycles. The van der Waals surface area contributed by atoms with E-state index in [0.717, 1.165) is 39.0 Å². The molecular weight excluding hydrogens is 502 g/mol. The van der Waals surface area contributed by atoms with Gasteiger partial charge in [-0.05, 0) is 83.0 Å². The van der Waals surface area contributed by atoms with Crippen LogP contribution in [0.25, 0.3) is 33.1 Å².